The van der Waals surface area contributed by atoms with E-state index in [1.165, 1.54) is 7.11 Å². The molecule has 0 aromatic heterocycles. The summed E-state index contributed by atoms with van der Waals surface area (Å²) < 4.78 is 10.4. The largest absolute Gasteiger partial charge is 0.493 e. The van der Waals surface area contributed by atoms with E-state index in [0.717, 1.165) is 0 Å². The van der Waals surface area contributed by atoms with Crippen LogP contribution in [0.3, 0.4) is 0 Å². The summed E-state index contributed by atoms with van der Waals surface area (Å²) in [6.07, 6.45) is 0.109. The van der Waals surface area contributed by atoms with Gasteiger partial charge in [-0.05, 0) is 38.5 Å². The summed E-state index contributed by atoms with van der Waals surface area (Å²) in [5.41, 5.74) is -0.0191. The van der Waals surface area contributed by atoms with Gasteiger partial charge in [-0.1, -0.05) is 0 Å². The first-order valence-electron chi connectivity index (χ1n) is 6.64. The zero-order chi connectivity index (χ0) is 14.9. The number of amides is 1. The van der Waals surface area contributed by atoms with Gasteiger partial charge in [-0.15, -0.1) is 0 Å². The van der Waals surface area contributed by atoms with Gasteiger partial charge in [0.2, 0.25) is 0 Å². The fourth-order valence-corrected chi connectivity index (χ4v) is 2.56. The molecule has 5 nitrogen and oxygen atoms in total. The third-order valence-corrected chi connectivity index (χ3v) is 4.01. The van der Waals surface area contributed by atoms with E-state index in [0.29, 0.717) is 30.0 Å². The number of rotatable bonds is 3. The van der Waals surface area contributed by atoms with Crippen LogP contribution in [0.5, 0.6) is 11.5 Å². The highest BCUT2D eigenvalue weighted by Crippen LogP contribution is 2.33. The molecule has 1 aromatic rings. The molecule has 1 fully saturated rings. The number of benzene rings is 1. The Morgan fingerprint density at radius 2 is 1.95 bits per heavy atom. The smallest absolute Gasteiger partial charge is 0.254 e. The zero-order valence-electron chi connectivity index (χ0n) is 12.3. The molecule has 1 heterocycles. The van der Waals surface area contributed by atoms with Crippen molar-refractivity contribution < 1.29 is 19.4 Å². The number of ether oxygens (including phenoxy) is 2. The topological polar surface area (TPSA) is 59.0 Å². The van der Waals surface area contributed by atoms with Crippen molar-refractivity contribution in [3.8, 4) is 11.5 Å². The average Bonchev–Trinajstić information content (AvgIpc) is 2.71. The minimum Gasteiger partial charge on any atom is -0.493 e. The molecule has 1 amide bonds. The van der Waals surface area contributed by atoms with Crippen LogP contribution in [0.25, 0.3) is 0 Å². The van der Waals surface area contributed by atoms with Crippen LogP contribution in [-0.4, -0.2) is 48.3 Å². The minimum absolute atomic E-state index is 0.104. The van der Waals surface area contributed by atoms with Gasteiger partial charge in [0.1, 0.15) is 0 Å². The summed E-state index contributed by atoms with van der Waals surface area (Å²) in [7, 11) is 3.09. The van der Waals surface area contributed by atoms with Crippen LogP contribution in [0, 0.1) is 0 Å². The van der Waals surface area contributed by atoms with Crippen molar-refractivity contribution in [1.82, 2.24) is 4.90 Å². The molecule has 0 bridgehead atoms. The van der Waals surface area contributed by atoms with E-state index in [1.807, 2.05) is 13.8 Å². The van der Waals surface area contributed by atoms with E-state index >= 15 is 0 Å². The van der Waals surface area contributed by atoms with Crippen molar-refractivity contribution >= 4 is 5.91 Å². The third-order valence-electron chi connectivity index (χ3n) is 4.01. The molecule has 1 aliphatic heterocycles. The summed E-state index contributed by atoms with van der Waals surface area (Å²) in [6, 6.07) is 5.10. The first-order chi connectivity index (χ1) is 9.41. The number of methoxy groups -OCH3 is 2. The molecule has 1 aliphatic rings. The summed E-state index contributed by atoms with van der Waals surface area (Å²) in [5.74, 6) is 1.01. The van der Waals surface area contributed by atoms with Crippen LogP contribution < -0.4 is 9.47 Å². The van der Waals surface area contributed by atoms with Crippen LogP contribution in [0.1, 0.15) is 30.6 Å². The van der Waals surface area contributed by atoms with Crippen molar-refractivity contribution in [3.63, 3.8) is 0 Å². The fraction of sp³-hybridized carbons (Fsp3) is 0.533. The van der Waals surface area contributed by atoms with Gasteiger partial charge in [-0.25, -0.2) is 0 Å². The Balaban J connectivity index is 2.30. The summed E-state index contributed by atoms with van der Waals surface area (Å²) in [5, 5.41) is 9.97. The number of carbonyl (C=O) groups excluding carboxylic acids is 1. The van der Waals surface area contributed by atoms with E-state index in [1.54, 1.807) is 30.2 Å². The second-order valence-electron chi connectivity index (χ2n) is 5.48. The highest BCUT2D eigenvalue weighted by molar-refractivity contribution is 5.95. The monoisotopic (exact) mass is 279 g/mol. The van der Waals surface area contributed by atoms with Crippen molar-refractivity contribution in [3.05, 3.63) is 23.8 Å². The van der Waals surface area contributed by atoms with Crippen molar-refractivity contribution in [2.45, 2.75) is 31.9 Å². The van der Waals surface area contributed by atoms with E-state index in [-0.39, 0.29) is 5.91 Å². The molecule has 1 unspecified atom stereocenters. The SMILES string of the molecule is COc1ccc(C(=O)N2CCC(O)C2(C)C)cc1OC. The lowest BCUT2D eigenvalue weighted by molar-refractivity contribution is 0.0394. The first-order valence-corrected chi connectivity index (χ1v) is 6.64. The van der Waals surface area contributed by atoms with Crippen molar-refractivity contribution in [1.29, 1.82) is 0 Å². The van der Waals surface area contributed by atoms with Crippen LogP contribution in [-0.2, 0) is 0 Å². The van der Waals surface area contributed by atoms with Gasteiger partial charge < -0.3 is 19.5 Å². The molecule has 5 heteroatoms. The number of aliphatic hydroxyl groups excluding tert-OH is 1. The van der Waals surface area contributed by atoms with Crippen LogP contribution >= 0.6 is 0 Å². The Morgan fingerprint density at radius 1 is 1.30 bits per heavy atom. The Kier molecular flexibility index (Phi) is 3.90. The predicted octanol–water partition coefficient (Wildman–Crippen LogP) is 1.69. The minimum atomic E-state index is -0.551. The van der Waals surface area contributed by atoms with Gasteiger partial charge in [-0.2, -0.15) is 0 Å². The van der Waals surface area contributed by atoms with E-state index in [4.69, 9.17) is 9.47 Å². The van der Waals surface area contributed by atoms with Gasteiger partial charge in [0.05, 0.1) is 25.9 Å². The zero-order valence-corrected chi connectivity index (χ0v) is 12.3. The highest BCUT2D eigenvalue weighted by Gasteiger charge is 2.43. The number of hydrogen-bond donors (Lipinski definition) is 1. The van der Waals surface area contributed by atoms with Crippen LogP contribution in [0.15, 0.2) is 18.2 Å². The van der Waals surface area contributed by atoms with Gasteiger partial charge in [-0.3, -0.25) is 4.79 Å². The van der Waals surface area contributed by atoms with E-state index in [9.17, 15) is 9.90 Å². The molecule has 0 radical (unpaired) electrons. The molecule has 1 aromatic carbocycles. The Labute approximate surface area is 119 Å². The second kappa shape index (κ2) is 5.32. The third kappa shape index (κ3) is 2.33. The quantitative estimate of drug-likeness (QED) is 0.914. The molecule has 2 rings (SSSR count). The normalized spacial score (nSPS) is 20.9. The molecule has 0 spiro atoms. The maximum absolute atomic E-state index is 12.6. The molecule has 1 atom stereocenters. The summed E-state index contributed by atoms with van der Waals surface area (Å²) in [4.78, 5) is 14.3. The van der Waals surface area contributed by atoms with E-state index in [2.05, 4.69) is 0 Å². The number of aliphatic hydroxyl groups is 1. The number of hydrogen-bond acceptors (Lipinski definition) is 4. The maximum atomic E-state index is 12.6. The summed E-state index contributed by atoms with van der Waals surface area (Å²) >= 11 is 0. The van der Waals surface area contributed by atoms with Gasteiger partial charge in [0.25, 0.3) is 5.91 Å². The molecule has 0 saturated carbocycles. The highest BCUT2D eigenvalue weighted by atomic mass is 16.5. The maximum Gasteiger partial charge on any atom is 0.254 e. The second-order valence-corrected chi connectivity index (χ2v) is 5.48. The number of nitrogens with zero attached hydrogens (tertiary/aromatic N) is 1. The van der Waals surface area contributed by atoms with Gasteiger partial charge in [0, 0.05) is 12.1 Å². The molecule has 1 N–H and O–H groups in total. The van der Waals surface area contributed by atoms with Crippen molar-refractivity contribution in [2.24, 2.45) is 0 Å². The first kappa shape index (κ1) is 14.7. The lowest BCUT2D eigenvalue weighted by Crippen LogP contribution is -2.48. The molecule has 0 aliphatic carbocycles. The Morgan fingerprint density at radius 3 is 2.45 bits per heavy atom. The molecular weight excluding hydrogens is 258 g/mol. The number of likely N-dealkylation sites (tertiary alicyclic amines) is 1. The van der Waals surface area contributed by atoms with Gasteiger partial charge >= 0.3 is 0 Å². The Bertz CT molecular complexity index is 513. The van der Waals surface area contributed by atoms with Crippen molar-refractivity contribution in [2.75, 3.05) is 20.8 Å². The van der Waals surface area contributed by atoms with Crippen LogP contribution in [0.2, 0.25) is 0 Å². The number of carbonyl (C=O) groups is 1. The van der Waals surface area contributed by atoms with Gasteiger partial charge in [0.15, 0.2) is 11.5 Å². The standard InChI is InChI=1S/C15H21NO4/c1-15(2)13(17)7-8-16(15)14(18)10-5-6-11(19-3)12(9-10)20-4/h5-6,9,13,17H,7-8H2,1-4H3. The fourth-order valence-electron chi connectivity index (χ4n) is 2.56. The molecular formula is C15H21NO4. The molecule has 110 valence electrons. The molecule has 20 heavy (non-hydrogen) atoms. The lowest BCUT2D eigenvalue weighted by atomic mass is 9.98. The Hall–Kier alpha value is -1.75. The average molecular weight is 279 g/mol. The van der Waals surface area contributed by atoms with Crippen LogP contribution in [0.4, 0.5) is 0 Å². The lowest BCUT2D eigenvalue weighted by Gasteiger charge is -2.33. The van der Waals surface area contributed by atoms with E-state index < -0.39 is 11.6 Å². The predicted molar refractivity (Wildman–Crippen MR) is 75.3 cm³/mol. The summed E-state index contributed by atoms with van der Waals surface area (Å²) in [6.45, 7) is 4.31. The molecule has 1 saturated heterocycles.